The Labute approximate surface area is 229 Å². The SMILES string of the molecule is Cc1ccc(-c2nc(C3(C(F)(F)F)CC3)c(C)n2-c2c(F)ccc(CN3CCN(C(=O)C(C)C)[C@H](C)C3)c2F)o1. The summed E-state index contributed by atoms with van der Waals surface area (Å²) in [6.07, 6.45) is -4.83. The maximum atomic E-state index is 16.2. The van der Waals surface area contributed by atoms with Crippen LogP contribution < -0.4 is 0 Å². The van der Waals surface area contributed by atoms with E-state index in [1.54, 1.807) is 13.0 Å². The number of hydrogen-bond acceptors (Lipinski definition) is 4. The minimum Gasteiger partial charge on any atom is -0.458 e. The van der Waals surface area contributed by atoms with Crippen LogP contribution in [0.3, 0.4) is 0 Å². The lowest BCUT2D eigenvalue weighted by atomic mass is 10.00. The van der Waals surface area contributed by atoms with Gasteiger partial charge in [-0.1, -0.05) is 19.9 Å². The molecule has 0 N–H and O–H groups in total. The first kappa shape index (κ1) is 28.3. The maximum absolute atomic E-state index is 16.2. The van der Waals surface area contributed by atoms with E-state index in [2.05, 4.69) is 4.98 Å². The van der Waals surface area contributed by atoms with E-state index in [1.807, 2.05) is 30.6 Å². The smallest absolute Gasteiger partial charge is 0.400 e. The first-order chi connectivity index (χ1) is 18.7. The molecule has 0 radical (unpaired) electrons. The van der Waals surface area contributed by atoms with Gasteiger partial charge in [0.25, 0.3) is 0 Å². The van der Waals surface area contributed by atoms with Crippen LogP contribution in [0.2, 0.25) is 0 Å². The molecule has 1 amide bonds. The third-order valence-corrected chi connectivity index (χ3v) is 8.07. The average Bonchev–Trinajstić information content (AvgIpc) is 3.48. The molecule has 2 aromatic heterocycles. The summed E-state index contributed by atoms with van der Waals surface area (Å²) < 4.78 is 80.7. The summed E-state index contributed by atoms with van der Waals surface area (Å²) in [6, 6.07) is 5.54. The summed E-state index contributed by atoms with van der Waals surface area (Å²) in [5.41, 5.74) is -2.67. The lowest BCUT2D eigenvalue weighted by molar-refractivity contribution is -0.161. The van der Waals surface area contributed by atoms with E-state index in [4.69, 9.17) is 4.42 Å². The number of benzene rings is 1. The highest BCUT2D eigenvalue weighted by molar-refractivity contribution is 5.78. The quantitative estimate of drug-likeness (QED) is 0.330. The predicted molar refractivity (Wildman–Crippen MR) is 139 cm³/mol. The number of alkyl halides is 3. The van der Waals surface area contributed by atoms with Crippen molar-refractivity contribution in [2.75, 3.05) is 19.6 Å². The molecule has 0 spiro atoms. The minimum absolute atomic E-state index is 0.0169. The van der Waals surface area contributed by atoms with Gasteiger partial charge < -0.3 is 9.32 Å². The number of rotatable bonds is 6. The van der Waals surface area contributed by atoms with Gasteiger partial charge in [-0.2, -0.15) is 13.2 Å². The molecule has 1 saturated carbocycles. The fourth-order valence-electron chi connectivity index (χ4n) is 5.71. The molecule has 1 saturated heterocycles. The van der Waals surface area contributed by atoms with E-state index in [0.717, 1.165) is 10.6 Å². The zero-order valence-electron chi connectivity index (χ0n) is 23.2. The number of aryl methyl sites for hydroxylation is 1. The molecule has 3 aromatic rings. The van der Waals surface area contributed by atoms with Crippen LogP contribution in [-0.4, -0.2) is 57.1 Å². The molecular formula is C29H33F5N4O2. The second-order valence-corrected chi connectivity index (χ2v) is 11.3. The van der Waals surface area contributed by atoms with E-state index in [9.17, 15) is 18.0 Å². The standard InChI is InChI=1S/C29H33F5N4O2/c1-16(2)27(39)37-13-12-36(14-17(37)3)15-20-7-8-21(30)24(23(20)31)38-19(5)25(28(10-11-28)29(32,33)34)35-26(38)22-9-6-18(4)40-22/h6-9,16-17H,10-15H2,1-5H3/t17-/m1/s1. The second kappa shape index (κ2) is 10.0. The van der Waals surface area contributed by atoms with E-state index >= 15 is 8.78 Å². The number of aromatic nitrogens is 2. The second-order valence-electron chi connectivity index (χ2n) is 11.3. The number of nitrogens with zero attached hydrogens (tertiary/aromatic N) is 4. The minimum atomic E-state index is -4.55. The Bertz CT molecular complexity index is 1440. The third kappa shape index (κ3) is 4.71. The number of carbonyl (C=O) groups excluding carboxylic acids is 1. The highest BCUT2D eigenvalue weighted by atomic mass is 19.4. The van der Waals surface area contributed by atoms with Crippen molar-refractivity contribution in [3.8, 4) is 17.3 Å². The van der Waals surface area contributed by atoms with Gasteiger partial charge in [-0.05, 0) is 51.8 Å². The van der Waals surface area contributed by atoms with Crippen LogP contribution in [-0.2, 0) is 16.8 Å². The monoisotopic (exact) mass is 564 g/mol. The highest BCUT2D eigenvalue weighted by Gasteiger charge is 2.66. The number of amides is 1. The van der Waals surface area contributed by atoms with E-state index < -0.39 is 28.9 Å². The van der Waals surface area contributed by atoms with Gasteiger partial charge in [-0.3, -0.25) is 14.3 Å². The summed E-state index contributed by atoms with van der Waals surface area (Å²) in [5.74, 6) is -1.35. The molecule has 11 heteroatoms. The van der Waals surface area contributed by atoms with Gasteiger partial charge in [0.05, 0.1) is 5.69 Å². The van der Waals surface area contributed by atoms with Crippen molar-refractivity contribution in [1.82, 2.24) is 19.4 Å². The van der Waals surface area contributed by atoms with Crippen molar-refractivity contribution in [2.24, 2.45) is 5.92 Å². The van der Waals surface area contributed by atoms with E-state index in [0.29, 0.717) is 25.4 Å². The Morgan fingerprint density at radius 1 is 1.12 bits per heavy atom. The average molecular weight is 565 g/mol. The highest BCUT2D eigenvalue weighted by Crippen LogP contribution is 2.59. The predicted octanol–water partition coefficient (Wildman–Crippen LogP) is 6.31. The lowest BCUT2D eigenvalue weighted by Gasteiger charge is -2.40. The molecule has 1 aliphatic heterocycles. The molecule has 0 bridgehead atoms. The van der Waals surface area contributed by atoms with Crippen LogP contribution in [0.4, 0.5) is 22.0 Å². The number of furan rings is 1. The summed E-state index contributed by atoms with van der Waals surface area (Å²) in [4.78, 5) is 20.6. The molecule has 1 atom stereocenters. The largest absolute Gasteiger partial charge is 0.458 e. The molecule has 40 heavy (non-hydrogen) atoms. The zero-order chi connectivity index (χ0) is 29.1. The van der Waals surface area contributed by atoms with Gasteiger partial charge in [-0.15, -0.1) is 0 Å². The Kier molecular flexibility index (Phi) is 7.09. The molecule has 6 nitrogen and oxygen atoms in total. The lowest BCUT2D eigenvalue weighted by Crippen LogP contribution is -2.54. The van der Waals surface area contributed by atoms with Crippen molar-refractivity contribution in [1.29, 1.82) is 0 Å². The molecular weight excluding hydrogens is 531 g/mol. The number of piperazine rings is 1. The van der Waals surface area contributed by atoms with Gasteiger partial charge in [-0.25, -0.2) is 13.8 Å². The molecule has 1 aliphatic carbocycles. The Balaban J connectivity index is 1.55. The van der Waals surface area contributed by atoms with Crippen LogP contribution in [0, 0.1) is 31.4 Å². The normalized spacial score (nSPS) is 19.5. The summed E-state index contributed by atoms with van der Waals surface area (Å²) in [6.45, 7) is 10.3. The first-order valence-corrected chi connectivity index (χ1v) is 13.5. The summed E-state index contributed by atoms with van der Waals surface area (Å²) in [5, 5.41) is 0. The van der Waals surface area contributed by atoms with Crippen molar-refractivity contribution >= 4 is 5.91 Å². The summed E-state index contributed by atoms with van der Waals surface area (Å²) >= 11 is 0. The molecule has 3 heterocycles. The number of hydrogen-bond donors (Lipinski definition) is 0. The number of halogens is 5. The van der Waals surface area contributed by atoms with Crippen LogP contribution >= 0.6 is 0 Å². The van der Waals surface area contributed by atoms with Gasteiger partial charge in [0, 0.05) is 49.4 Å². The van der Waals surface area contributed by atoms with Gasteiger partial charge in [0.2, 0.25) is 5.91 Å². The maximum Gasteiger partial charge on any atom is 0.400 e. The molecule has 1 aromatic carbocycles. The third-order valence-electron chi connectivity index (χ3n) is 8.07. The molecule has 2 fully saturated rings. The van der Waals surface area contributed by atoms with E-state index in [-0.39, 0.29) is 65.8 Å². The van der Waals surface area contributed by atoms with Gasteiger partial charge in [0.1, 0.15) is 22.7 Å². The van der Waals surface area contributed by atoms with Crippen molar-refractivity contribution < 1.29 is 31.2 Å². The molecule has 216 valence electrons. The molecule has 2 aliphatic rings. The van der Waals surface area contributed by atoms with Crippen LogP contribution in [0.1, 0.15) is 56.3 Å². The van der Waals surface area contributed by atoms with Crippen molar-refractivity contribution in [2.45, 2.75) is 71.6 Å². The van der Waals surface area contributed by atoms with Gasteiger partial charge in [0.15, 0.2) is 17.4 Å². The zero-order valence-corrected chi connectivity index (χ0v) is 23.2. The Morgan fingerprint density at radius 3 is 2.38 bits per heavy atom. The topological polar surface area (TPSA) is 54.5 Å². The van der Waals surface area contributed by atoms with Crippen molar-refractivity contribution in [3.05, 3.63) is 58.6 Å². The van der Waals surface area contributed by atoms with Crippen LogP contribution in [0.5, 0.6) is 0 Å². The fourth-order valence-corrected chi connectivity index (χ4v) is 5.71. The molecule has 5 rings (SSSR count). The van der Waals surface area contributed by atoms with Crippen LogP contribution in [0.25, 0.3) is 17.3 Å². The summed E-state index contributed by atoms with van der Waals surface area (Å²) in [7, 11) is 0. The Hall–Kier alpha value is -3.21. The fraction of sp³-hybridized carbons (Fsp3) is 0.517. The Morgan fingerprint density at radius 2 is 1.82 bits per heavy atom. The first-order valence-electron chi connectivity index (χ1n) is 13.5. The van der Waals surface area contributed by atoms with E-state index in [1.165, 1.54) is 19.1 Å². The van der Waals surface area contributed by atoms with Crippen LogP contribution in [0.15, 0.2) is 28.7 Å². The number of carbonyl (C=O) groups is 1. The number of imidazole rings is 1. The molecule has 0 unspecified atom stereocenters. The van der Waals surface area contributed by atoms with Crippen molar-refractivity contribution in [3.63, 3.8) is 0 Å². The van der Waals surface area contributed by atoms with Gasteiger partial charge >= 0.3 is 6.18 Å².